The number of benzene rings is 1. The van der Waals surface area contributed by atoms with Crippen molar-refractivity contribution in [2.45, 2.75) is 39.5 Å². The van der Waals surface area contributed by atoms with Gasteiger partial charge in [-0.1, -0.05) is 13.3 Å². The number of esters is 1. The van der Waals surface area contributed by atoms with Gasteiger partial charge in [-0.3, -0.25) is 14.4 Å². The van der Waals surface area contributed by atoms with Crippen LogP contribution in [0, 0.1) is 5.92 Å². The molecule has 1 heterocycles. The molecule has 0 radical (unpaired) electrons. The lowest BCUT2D eigenvalue weighted by atomic mass is 9.98. The summed E-state index contributed by atoms with van der Waals surface area (Å²) in [6.45, 7) is 6.21. The summed E-state index contributed by atoms with van der Waals surface area (Å²) in [5.74, 6) is -0.856. The average molecular weight is 418 g/mol. The molecule has 0 saturated carbocycles. The van der Waals surface area contributed by atoms with Crippen molar-refractivity contribution in [2.24, 2.45) is 5.92 Å². The van der Waals surface area contributed by atoms with E-state index in [1.165, 1.54) is 4.90 Å². The first-order chi connectivity index (χ1) is 14.4. The number of carbonyl (C=O) groups is 3. The van der Waals surface area contributed by atoms with Crippen molar-refractivity contribution in [1.29, 1.82) is 0 Å². The number of hydrogen-bond donors (Lipinski definition) is 0. The normalized spacial score (nSPS) is 16.1. The standard InChI is InChI=1S/C23H35N3O4/c1-5-7-14-24(3)20-12-10-18(11-13-20)22(28)25(4)17-21(27)26-15-8-9-19(16-26)23(29)30-6-2/h10-13,19H,5-9,14-17H2,1-4H3. The number of rotatable bonds is 9. The zero-order chi connectivity index (χ0) is 22.1. The summed E-state index contributed by atoms with van der Waals surface area (Å²) in [6, 6.07) is 7.48. The molecule has 1 aromatic carbocycles. The number of nitrogens with zero attached hydrogens (tertiary/aromatic N) is 3. The Balaban J connectivity index is 1.91. The van der Waals surface area contributed by atoms with Gasteiger partial charge in [0.25, 0.3) is 5.91 Å². The van der Waals surface area contributed by atoms with Gasteiger partial charge in [0.2, 0.25) is 5.91 Å². The monoisotopic (exact) mass is 417 g/mol. The number of ether oxygens (including phenoxy) is 1. The van der Waals surface area contributed by atoms with E-state index >= 15 is 0 Å². The molecule has 0 N–H and O–H groups in total. The van der Waals surface area contributed by atoms with Crippen LogP contribution in [0.5, 0.6) is 0 Å². The van der Waals surface area contributed by atoms with Crippen LogP contribution in [0.25, 0.3) is 0 Å². The van der Waals surface area contributed by atoms with E-state index in [2.05, 4.69) is 11.8 Å². The summed E-state index contributed by atoms with van der Waals surface area (Å²) in [7, 11) is 3.67. The van der Waals surface area contributed by atoms with Crippen LogP contribution in [0.4, 0.5) is 5.69 Å². The fourth-order valence-electron chi connectivity index (χ4n) is 3.63. The molecule has 30 heavy (non-hydrogen) atoms. The van der Waals surface area contributed by atoms with E-state index in [9.17, 15) is 14.4 Å². The van der Waals surface area contributed by atoms with Crippen LogP contribution in [0.1, 0.15) is 49.9 Å². The van der Waals surface area contributed by atoms with Crippen molar-refractivity contribution in [2.75, 3.05) is 51.8 Å². The first kappa shape index (κ1) is 23.7. The van der Waals surface area contributed by atoms with Crippen LogP contribution in [-0.4, -0.2) is 74.5 Å². The van der Waals surface area contributed by atoms with E-state index in [0.717, 1.165) is 37.9 Å². The maximum atomic E-state index is 12.7. The number of piperidine rings is 1. The van der Waals surface area contributed by atoms with E-state index in [-0.39, 0.29) is 30.2 Å². The summed E-state index contributed by atoms with van der Waals surface area (Å²) < 4.78 is 5.09. The number of likely N-dealkylation sites (tertiary alicyclic amines) is 1. The van der Waals surface area contributed by atoms with Gasteiger partial charge in [0.15, 0.2) is 0 Å². The van der Waals surface area contributed by atoms with E-state index in [0.29, 0.717) is 25.3 Å². The van der Waals surface area contributed by atoms with Crippen LogP contribution in [0.2, 0.25) is 0 Å². The predicted octanol–water partition coefficient (Wildman–Crippen LogP) is 2.80. The largest absolute Gasteiger partial charge is 0.466 e. The third-order valence-corrected chi connectivity index (χ3v) is 5.52. The lowest BCUT2D eigenvalue weighted by molar-refractivity contribution is -0.151. The Morgan fingerprint density at radius 3 is 2.47 bits per heavy atom. The van der Waals surface area contributed by atoms with Crippen molar-refractivity contribution < 1.29 is 19.1 Å². The fourth-order valence-corrected chi connectivity index (χ4v) is 3.63. The summed E-state index contributed by atoms with van der Waals surface area (Å²) in [5.41, 5.74) is 1.62. The molecule has 1 aliphatic rings. The van der Waals surface area contributed by atoms with Crippen LogP contribution < -0.4 is 4.90 Å². The van der Waals surface area contributed by atoms with E-state index < -0.39 is 0 Å². The zero-order valence-corrected chi connectivity index (χ0v) is 18.7. The highest BCUT2D eigenvalue weighted by atomic mass is 16.5. The molecule has 1 fully saturated rings. The number of anilines is 1. The number of carbonyl (C=O) groups excluding carboxylic acids is 3. The van der Waals surface area contributed by atoms with Crippen molar-refractivity contribution in [1.82, 2.24) is 9.80 Å². The minimum absolute atomic E-state index is 0.00741. The van der Waals surface area contributed by atoms with Crippen LogP contribution in [0.15, 0.2) is 24.3 Å². The smallest absolute Gasteiger partial charge is 0.310 e. The first-order valence-electron chi connectivity index (χ1n) is 10.9. The Labute approximate surface area is 180 Å². The molecule has 0 aromatic heterocycles. The highest BCUT2D eigenvalue weighted by molar-refractivity contribution is 5.96. The fraction of sp³-hybridized carbons (Fsp3) is 0.609. The lowest BCUT2D eigenvalue weighted by Gasteiger charge is -2.32. The Hall–Kier alpha value is -2.57. The van der Waals surface area contributed by atoms with Crippen LogP contribution in [0.3, 0.4) is 0 Å². The van der Waals surface area contributed by atoms with Gasteiger partial charge in [-0.15, -0.1) is 0 Å². The number of hydrogen-bond acceptors (Lipinski definition) is 5. The number of likely N-dealkylation sites (N-methyl/N-ethyl adjacent to an activating group) is 1. The van der Waals surface area contributed by atoms with E-state index in [1.807, 2.05) is 19.2 Å². The van der Waals surface area contributed by atoms with Gasteiger partial charge < -0.3 is 19.4 Å². The molecule has 166 valence electrons. The Morgan fingerprint density at radius 1 is 1.13 bits per heavy atom. The molecular formula is C23H35N3O4. The molecule has 7 nitrogen and oxygen atoms in total. The zero-order valence-electron chi connectivity index (χ0n) is 18.7. The molecule has 7 heteroatoms. The van der Waals surface area contributed by atoms with Crippen molar-refractivity contribution >= 4 is 23.5 Å². The molecule has 1 saturated heterocycles. The van der Waals surface area contributed by atoms with E-state index in [1.54, 1.807) is 31.0 Å². The van der Waals surface area contributed by atoms with Gasteiger partial charge in [-0.2, -0.15) is 0 Å². The molecule has 1 atom stereocenters. The van der Waals surface area contributed by atoms with Crippen molar-refractivity contribution in [3.8, 4) is 0 Å². The van der Waals surface area contributed by atoms with Gasteiger partial charge >= 0.3 is 5.97 Å². The van der Waals surface area contributed by atoms with Gasteiger partial charge in [-0.05, 0) is 50.5 Å². The maximum Gasteiger partial charge on any atom is 0.310 e. The highest BCUT2D eigenvalue weighted by Crippen LogP contribution is 2.19. The lowest BCUT2D eigenvalue weighted by Crippen LogP contribution is -2.47. The molecular weight excluding hydrogens is 382 g/mol. The van der Waals surface area contributed by atoms with E-state index in [4.69, 9.17) is 4.74 Å². The Kier molecular flexibility index (Phi) is 9.15. The third-order valence-electron chi connectivity index (χ3n) is 5.52. The highest BCUT2D eigenvalue weighted by Gasteiger charge is 2.30. The summed E-state index contributed by atoms with van der Waals surface area (Å²) in [4.78, 5) is 42.7. The topological polar surface area (TPSA) is 70.2 Å². The van der Waals surface area contributed by atoms with Crippen molar-refractivity contribution in [3.05, 3.63) is 29.8 Å². The van der Waals surface area contributed by atoms with Gasteiger partial charge in [0.1, 0.15) is 0 Å². The van der Waals surface area contributed by atoms with Gasteiger partial charge in [-0.25, -0.2) is 0 Å². The minimum Gasteiger partial charge on any atom is -0.466 e. The maximum absolute atomic E-state index is 12.7. The number of unbranched alkanes of at least 4 members (excludes halogenated alkanes) is 1. The molecule has 0 bridgehead atoms. The SMILES string of the molecule is CCCCN(C)c1ccc(C(=O)N(C)CC(=O)N2CCCC(C(=O)OCC)C2)cc1. The predicted molar refractivity (Wildman–Crippen MR) is 118 cm³/mol. The number of amides is 2. The molecule has 1 unspecified atom stereocenters. The minimum atomic E-state index is -0.277. The average Bonchev–Trinajstić information content (AvgIpc) is 2.77. The molecule has 1 aliphatic heterocycles. The van der Waals surface area contributed by atoms with Gasteiger partial charge in [0.05, 0.1) is 19.1 Å². The van der Waals surface area contributed by atoms with Crippen LogP contribution in [-0.2, 0) is 14.3 Å². The summed E-state index contributed by atoms with van der Waals surface area (Å²) >= 11 is 0. The Morgan fingerprint density at radius 2 is 1.83 bits per heavy atom. The molecule has 2 rings (SSSR count). The molecule has 0 aliphatic carbocycles. The van der Waals surface area contributed by atoms with Gasteiger partial charge in [0, 0.05) is 45.0 Å². The first-order valence-corrected chi connectivity index (χ1v) is 10.9. The molecule has 0 spiro atoms. The van der Waals surface area contributed by atoms with Crippen LogP contribution >= 0.6 is 0 Å². The molecule has 1 aromatic rings. The molecule has 2 amide bonds. The summed E-state index contributed by atoms with van der Waals surface area (Å²) in [5, 5.41) is 0. The second-order valence-corrected chi connectivity index (χ2v) is 7.91. The second kappa shape index (κ2) is 11.6. The summed E-state index contributed by atoms with van der Waals surface area (Å²) in [6.07, 6.45) is 3.75. The van der Waals surface area contributed by atoms with Crippen molar-refractivity contribution in [3.63, 3.8) is 0 Å². The third kappa shape index (κ3) is 6.47. The quantitative estimate of drug-likeness (QED) is 0.578. The second-order valence-electron chi connectivity index (χ2n) is 7.91. The Bertz CT molecular complexity index is 720.